The van der Waals surface area contributed by atoms with Gasteiger partial charge in [0.1, 0.15) is 6.29 Å². The van der Waals surface area contributed by atoms with Crippen LogP contribution in [0.25, 0.3) is 0 Å². The highest BCUT2D eigenvalue weighted by Crippen LogP contribution is 2.25. The molecule has 0 amide bonds. The van der Waals surface area contributed by atoms with Gasteiger partial charge in [-0.25, -0.2) is 0 Å². The lowest BCUT2D eigenvalue weighted by Gasteiger charge is -2.17. The maximum absolute atomic E-state index is 10.8. The van der Waals surface area contributed by atoms with Crippen molar-refractivity contribution in [1.82, 2.24) is 0 Å². The minimum absolute atomic E-state index is 0.268. The summed E-state index contributed by atoms with van der Waals surface area (Å²) in [5, 5.41) is 0. The summed E-state index contributed by atoms with van der Waals surface area (Å²) in [6, 6.07) is 0. The molecule has 1 unspecified atom stereocenters. The fourth-order valence-corrected chi connectivity index (χ4v) is 2.30. The van der Waals surface area contributed by atoms with Gasteiger partial charge in [-0.1, -0.05) is 34.9 Å². The molecule has 1 heteroatoms. The van der Waals surface area contributed by atoms with Crippen LogP contribution in [0, 0.1) is 5.92 Å². The minimum Gasteiger partial charge on any atom is -0.303 e. The summed E-state index contributed by atoms with van der Waals surface area (Å²) in [4.78, 5) is 10.8. The molecule has 0 saturated heterocycles. The Morgan fingerprint density at radius 1 is 1.33 bits per heavy atom. The van der Waals surface area contributed by atoms with E-state index in [2.05, 4.69) is 39.0 Å². The Morgan fingerprint density at radius 2 is 2.11 bits per heavy atom. The molecule has 1 aliphatic rings. The number of hydrogen-bond donors (Lipinski definition) is 0. The summed E-state index contributed by atoms with van der Waals surface area (Å²) in [5.41, 5.74) is 4.30. The van der Waals surface area contributed by atoms with Crippen LogP contribution < -0.4 is 0 Å². The molecule has 1 atom stereocenters. The fourth-order valence-electron chi connectivity index (χ4n) is 2.30. The fraction of sp³-hybridized carbons (Fsp3) is 0.588. The van der Waals surface area contributed by atoms with Crippen molar-refractivity contribution in [3.8, 4) is 0 Å². The number of aldehydes is 1. The lowest BCUT2D eigenvalue weighted by atomic mass is 9.88. The molecular weight excluding hydrogens is 220 g/mol. The van der Waals surface area contributed by atoms with Crippen LogP contribution in [0.4, 0.5) is 0 Å². The molecule has 1 rings (SSSR count). The molecule has 0 heterocycles. The predicted molar refractivity (Wildman–Crippen MR) is 78.5 cm³/mol. The van der Waals surface area contributed by atoms with E-state index in [9.17, 15) is 4.79 Å². The van der Waals surface area contributed by atoms with E-state index in [1.807, 2.05) is 0 Å². The van der Waals surface area contributed by atoms with E-state index >= 15 is 0 Å². The number of carbonyl (C=O) groups is 1. The third-order valence-electron chi connectivity index (χ3n) is 3.49. The van der Waals surface area contributed by atoms with Crippen molar-refractivity contribution in [3.05, 3.63) is 34.9 Å². The number of allylic oxidation sites excluding steroid dienone is 6. The monoisotopic (exact) mass is 246 g/mol. The first-order valence-electron chi connectivity index (χ1n) is 7.04. The number of hydrogen-bond acceptors (Lipinski definition) is 1. The van der Waals surface area contributed by atoms with Gasteiger partial charge in [0.25, 0.3) is 0 Å². The molecule has 0 aromatic rings. The van der Waals surface area contributed by atoms with Gasteiger partial charge < -0.3 is 4.79 Å². The summed E-state index contributed by atoms with van der Waals surface area (Å²) < 4.78 is 0. The van der Waals surface area contributed by atoms with E-state index in [0.29, 0.717) is 0 Å². The molecule has 0 spiro atoms. The number of carbonyl (C=O) groups excluding carboxylic acids is 1. The van der Waals surface area contributed by atoms with Crippen LogP contribution in [0.15, 0.2) is 34.9 Å². The zero-order valence-electron chi connectivity index (χ0n) is 12.0. The molecule has 0 radical (unpaired) electrons. The second-order valence-electron chi connectivity index (χ2n) is 5.61. The summed E-state index contributed by atoms with van der Waals surface area (Å²) in [6.07, 6.45) is 14.5. The first-order valence-corrected chi connectivity index (χ1v) is 7.04. The van der Waals surface area contributed by atoms with Crippen LogP contribution >= 0.6 is 0 Å². The molecule has 100 valence electrons. The second-order valence-corrected chi connectivity index (χ2v) is 5.61. The lowest BCUT2D eigenvalue weighted by Crippen LogP contribution is -2.07. The molecule has 0 aliphatic heterocycles. The average Bonchev–Trinajstić information content (AvgIpc) is 2.36. The Balaban J connectivity index is 2.36. The van der Waals surface area contributed by atoms with Gasteiger partial charge in [-0.05, 0) is 59.3 Å². The van der Waals surface area contributed by atoms with Crippen LogP contribution in [0.3, 0.4) is 0 Å². The first kappa shape index (κ1) is 14.9. The first-order chi connectivity index (χ1) is 8.61. The van der Waals surface area contributed by atoms with Gasteiger partial charge in [-0.15, -0.1) is 0 Å². The van der Waals surface area contributed by atoms with E-state index in [1.165, 1.54) is 16.7 Å². The van der Waals surface area contributed by atoms with Crippen molar-refractivity contribution < 1.29 is 4.79 Å². The van der Waals surface area contributed by atoms with E-state index in [1.54, 1.807) is 0 Å². The molecule has 0 N–H and O–H groups in total. The van der Waals surface area contributed by atoms with Crippen LogP contribution in [-0.2, 0) is 4.79 Å². The lowest BCUT2D eigenvalue weighted by molar-refractivity contribution is -0.111. The Bertz CT molecular complexity index is 354. The zero-order valence-corrected chi connectivity index (χ0v) is 12.0. The second kappa shape index (κ2) is 8.07. The van der Waals surface area contributed by atoms with Crippen molar-refractivity contribution >= 4 is 6.29 Å². The predicted octanol–water partition coefficient (Wildman–Crippen LogP) is 4.99. The highest BCUT2D eigenvalue weighted by Gasteiger charge is 2.13. The Labute approximate surface area is 112 Å². The average molecular weight is 246 g/mol. The maximum Gasteiger partial charge on any atom is 0.123 e. The molecular formula is C17H26O. The van der Waals surface area contributed by atoms with E-state index in [-0.39, 0.29) is 5.92 Å². The van der Waals surface area contributed by atoms with Gasteiger partial charge in [0.15, 0.2) is 0 Å². The van der Waals surface area contributed by atoms with Gasteiger partial charge in [0.05, 0.1) is 0 Å². The Morgan fingerprint density at radius 3 is 2.78 bits per heavy atom. The van der Waals surface area contributed by atoms with E-state index in [0.717, 1.165) is 44.8 Å². The van der Waals surface area contributed by atoms with Crippen LogP contribution in [0.5, 0.6) is 0 Å². The van der Waals surface area contributed by atoms with Crippen molar-refractivity contribution in [2.24, 2.45) is 5.92 Å². The van der Waals surface area contributed by atoms with Crippen molar-refractivity contribution in [2.75, 3.05) is 0 Å². The largest absolute Gasteiger partial charge is 0.303 e. The molecule has 0 bridgehead atoms. The third kappa shape index (κ3) is 6.00. The highest BCUT2D eigenvalue weighted by atomic mass is 16.1. The van der Waals surface area contributed by atoms with Crippen molar-refractivity contribution in [3.63, 3.8) is 0 Å². The molecule has 1 aliphatic carbocycles. The number of rotatable bonds is 6. The van der Waals surface area contributed by atoms with E-state index < -0.39 is 0 Å². The Kier molecular flexibility index (Phi) is 6.70. The maximum atomic E-state index is 10.8. The quantitative estimate of drug-likeness (QED) is 0.476. The van der Waals surface area contributed by atoms with Crippen LogP contribution in [-0.4, -0.2) is 6.29 Å². The summed E-state index contributed by atoms with van der Waals surface area (Å²) in [7, 11) is 0. The SMILES string of the molecule is CC(C)=CCCC(C)=CCC1=CCCC(C=O)C1. The van der Waals surface area contributed by atoms with Gasteiger partial charge in [0, 0.05) is 5.92 Å². The van der Waals surface area contributed by atoms with Gasteiger partial charge in [0.2, 0.25) is 0 Å². The summed E-state index contributed by atoms with van der Waals surface area (Å²) >= 11 is 0. The molecule has 0 aromatic heterocycles. The van der Waals surface area contributed by atoms with Crippen LogP contribution in [0.1, 0.15) is 59.3 Å². The standard InChI is InChI=1S/C17H26O/c1-14(2)6-4-7-15(3)10-11-16-8-5-9-17(12-16)13-18/h6,8,10,13,17H,4-5,7,9,11-12H2,1-3H3. The van der Waals surface area contributed by atoms with Crippen LogP contribution in [0.2, 0.25) is 0 Å². The van der Waals surface area contributed by atoms with Crippen molar-refractivity contribution in [2.45, 2.75) is 59.3 Å². The van der Waals surface area contributed by atoms with E-state index in [4.69, 9.17) is 0 Å². The molecule has 0 aromatic carbocycles. The minimum atomic E-state index is 0.268. The topological polar surface area (TPSA) is 17.1 Å². The van der Waals surface area contributed by atoms with Crippen molar-refractivity contribution in [1.29, 1.82) is 0 Å². The zero-order chi connectivity index (χ0) is 13.4. The molecule has 1 nitrogen and oxygen atoms in total. The van der Waals surface area contributed by atoms with Gasteiger partial charge in [-0.3, -0.25) is 0 Å². The molecule has 0 fully saturated rings. The third-order valence-corrected chi connectivity index (χ3v) is 3.49. The summed E-state index contributed by atoms with van der Waals surface area (Å²) in [5.74, 6) is 0.268. The smallest absolute Gasteiger partial charge is 0.123 e. The molecule has 0 saturated carbocycles. The molecule has 18 heavy (non-hydrogen) atoms. The van der Waals surface area contributed by atoms with Gasteiger partial charge >= 0.3 is 0 Å². The highest BCUT2D eigenvalue weighted by molar-refractivity contribution is 5.54. The normalized spacial score (nSPS) is 20.3. The Hall–Kier alpha value is -1.11. The van der Waals surface area contributed by atoms with Gasteiger partial charge in [-0.2, -0.15) is 0 Å². The summed E-state index contributed by atoms with van der Waals surface area (Å²) in [6.45, 7) is 6.50.